The Morgan fingerprint density at radius 2 is 1.93 bits per heavy atom. The van der Waals surface area contributed by atoms with Gasteiger partial charge in [0.15, 0.2) is 0 Å². The zero-order chi connectivity index (χ0) is 12.1. The van der Waals surface area contributed by atoms with Gasteiger partial charge in [0.2, 0.25) is 0 Å². The Hall–Kier alpha value is -0.790. The van der Waals surface area contributed by atoms with Crippen molar-refractivity contribution in [3.05, 3.63) is 12.2 Å². The minimum atomic E-state index is -0.315. The van der Waals surface area contributed by atoms with E-state index >= 15 is 0 Å². The van der Waals surface area contributed by atoms with Gasteiger partial charge in [-0.3, -0.25) is 0 Å². The molecule has 2 nitrogen and oxygen atoms in total. The van der Waals surface area contributed by atoms with Crippen LogP contribution in [0, 0.1) is 5.92 Å². The molecule has 0 rings (SSSR count). The van der Waals surface area contributed by atoms with Gasteiger partial charge in [-0.05, 0) is 25.7 Å². The van der Waals surface area contributed by atoms with Gasteiger partial charge in [-0.25, -0.2) is 4.79 Å². The highest BCUT2D eigenvalue weighted by atomic mass is 16.6. The fourth-order valence-electron chi connectivity index (χ4n) is 1.81. The van der Waals surface area contributed by atoms with Crippen molar-refractivity contribution in [2.45, 2.75) is 59.5 Å². The highest BCUT2D eigenvalue weighted by Gasteiger charge is 2.35. The van der Waals surface area contributed by atoms with Crippen molar-refractivity contribution in [1.29, 1.82) is 0 Å². The van der Waals surface area contributed by atoms with E-state index in [1.807, 2.05) is 0 Å². The maximum Gasteiger partial charge on any atom is 0.333 e. The van der Waals surface area contributed by atoms with Gasteiger partial charge in [0.05, 0.1) is 0 Å². The normalized spacial score (nSPS) is 14.8. The highest BCUT2D eigenvalue weighted by molar-refractivity contribution is 5.87. The van der Waals surface area contributed by atoms with Crippen molar-refractivity contribution in [3.8, 4) is 0 Å². The first-order valence-corrected chi connectivity index (χ1v) is 5.78. The molecule has 0 aliphatic carbocycles. The fourth-order valence-corrected chi connectivity index (χ4v) is 1.81. The van der Waals surface area contributed by atoms with E-state index in [1.54, 1.807) is 6.92 Å². The lowest BCUT2D eigenvalue weighted by atomic mass is 9.83. The van der Waals surface area contributed by atoms with Gasteiger partial charge < -0.3 is 4.74 Å². The number of hydrogen-bond acceptors (Lipinski definition) is 2. The molecular weight excluding hydrogens is 188 g/mol. The Bertz CT molecular complexity index is 231. The molecule has 0 amide bonds. The Kier molecular flexibility index (Phi) is 5.63. The Labute approximate surface area is 93.7 Å². The summed E-state index contributed by atoms with van der Waals surface area (Å²) in [6, 6.07) is 0. The molecule has 1 unspecified atom stereocenters. The SMILES string of the molecule is C=C(C)C(=O)OC(CC)(CCC)C(C)C. The summed E-state index contributed by atoms with van der Waals surface area (Å²) >= 11 is 0. The molecule has 0 saturated carbocycles. The minimum Gasteiger partial charge on any atom is -0.455 e. The van der Waals surface area contributed by atoms with E-state index in [9.17, 15) is 4.79 Å². The van der Waals surface area contributed by atoms with Crippen molar-refractivity contribution in [2.75, 3.05) is 0 Å². The van der Waals surface area contributed by atoms with E-state index in [-0.39, 0.29) is 11.6 Å². The number of ether oxygens (including phenoxy) is 1. The molecular formula is C13H24O2. The molecule has 0 aromatic rings. The van der Waals surface area contributed by atoms with Gasteiger partial charge in [-0.15, -0.1) is 0 Å². The second-order valence-electron chi connectivity index (χ2n) is 4.49. The van der Waals surface area contributed by atoms with Gasteiger partial charge in [-0.1, -0.05) is 40.7 Å². The highest BCUT2D eigenvalue weighted by Crippen LogP contribution is 2.31. The van der Waals surface area contributed by atoms with Crippen molar-refractivity contribution in [3.63, 3.8) is 0 Å². The van der Waals surface area contributed by atoms with E-state index in [4.69, 9.17) is 4.74 Å². The first-order valence-electron chi connectivity index (χ1n) is 5.78. The summed E-state index contributed by atoms with van der Waals surface area (Å²) < 4.78 is 5.61. The summed E-state index contributed by atoms with van der Waals surface area (Å²) in [6.07, 6.45) is 2.80. The first-order chi connectivity index (χ1) is 6.89. The van der Waals surface area contributed by atoms with Crippen LogP contribution in [-0.2, 0) is 9.53 Å². The van der Waals surface area contributed by atoms with Crippen LogP contribution >= 0.6 is 0 Å². The standard InChI is InChI=1S/C13H24O2/c1-7-9-13(8-2,11(5)6)15-12(14)10(3)4/h11H,3,7-9H2,1-2,4-6H3. The molecule has 0 heterocycles. The summed E-state index contributed by atoms with van der Waals surface area (Å²) in [6.45, 7) is 13.7. The average molecular weight is 212 g/mol. The van der Waals surface area contributed by atoms with Crippen molar-refractivity contribution in [1.82, 2.24) is 0 Å². The fraction of sp³-hybridized carbons (Fsp3) is 0.769. The minimum absolute atomic E-state index is 0.265. The maximum atomic E-state index is 11.6. The summed E-state index contributed by atoms with van der Waals surface area (Å²) in [5.74, 6) is 0.0738. The lowest BCUT2D eigenvalue weighted by Gasteiger charge is -2.36. The number of carbonyl (C=O) groups excluding carboxylic acids is 1. The second-order valence-corrected chi connectivity index (χ2v) is 4.49. The Balaban J connectivity index is 4.76. The van der Waals surface area contributed by atoms with Crippen LogP contribution in [0.25, 0.3) is 0 Å². The largest absolute Gasteiger partial charge is 0.455 e. The Morgan fingerprint density at radius 1 is 1.40 bits per heavy atom. The lowest BCUT2D eigenvalue weighted by molar-refractivity contribution is -0.161. The monoisotopic (exact) mass is 212 g/mol. The van der Waals surface area contributed by atoms with Crippen LogP contribution in [0.2, 0.25) is 0 Å². The number of rotatable bonds is 6. The molecule has 0 aromatic carbocycles. The van der Waals surface area contributed by atoms with Crippen LogP contribution in [0.3, 0.4) is 0 Å². The predicted molar refractivity (Wildman–Crippen MR) is 63.7 cm³/mol. The van der Waals surface area contributed by atoms with Crippen LogP contribution in [0.5, 0.6) is 0 Å². The van der Waals surface area contributed by atoms with Gasteiger partial charge in [0.1, 0.15) is 5.60 Å². The number of carbonyl (C=O) groups is 1. The molecule has 15 heavy (non-hydrogen) atoms. The molecule has 0 radical (unpaired) electrons. The van der Waals surface area contributed by atoms with Crippen molar-refractivity contribution >= 4 is 5.97 Å². The van der Waals surface area contributed by atoms with Crippen molar-refractivity contribution < 1.29 is 9.53 Å². The smallest absolute Gasteiger partial charge is 0.333 e. The molecule has 0 fully saturated rings. The average Bonchev–Trinajstić information content (AvgIpc) is 2.16. The molecule has 2 heteroatoms. The maximum absolute atomic E-state index is 11.6. The van der Waals surface area contributed by atoms with E-state index in [0.29, 0.717) is 11.5 Å². The van der Waals surface area contributed by atoms with Gasteiger partial charge in [0.25, 0.3) is 0 Å². The quantitative estimate of drug-likeness (QED) is 0.495. The van der Waals surface area contributed by atoms with Crippen LogP contribution < -0.4 is 0 Å². The topological polar surface area (TPSA) is 26.3 Å². The van der Waals surface area contributed by atoms with E-state index in [0.717, 1.165) is 19.3 Å². The summed E-state index contributed by atoms with van der Waals surface area (Å²) in [5.41, 5.74) is 0.162. The molecule has 88 valence electrons. The third-order valence-electron chi connectivity index (χ3n) is 2.97. The molecule has 1 atom stereocenters. The Morgan fingerprint density at radius 3 is 2.20 bits per heavy atom. The van der Waals surface area contributed by atoms with Crippen LogP contribution in [-0.4, -0.2) is 11.6 Å². The van der Waals surface area contributed by atoms with Crippen molar-refractivity contribution in [2.24, 2.45) is 5.92 Å². The molecule has 0 bridgehead atoms. The second kappa shape index (κ2) is 5.94. The number of hydrogen-bond donors (Lipinski definition) is 0. The van der Waals surface area contributed by atoms with Crippen LogP contribution in [0.1, 0.15) is 53.9 Å². The number of esters is 1. The molecule has 0 aliphatic heterocycles. The third kappa shape index (κ3) is 3.69. The molecule has 0 spiro atoms. The van der Waals surface area contributed by atoms with Crippen LogP contribution in [0.4, 0.5) is 0 Å². The molecule has 0 saturated heterocycles. The van der Waals surface area contributed by atoms with Crippen LogP contribution in [0.15, 0.2) is 12.2 Å². The van der Waals surface area contributed by atoms with Gasteiger partial charge in [-0.2, -0.15) is 0 Å². The molecule has 0 aromatic heterocycles. The zero-order valence-corrected chi connectivity index (χ0v) is 10.7. The van der Waals surface area contributed by atoms with E-state index in [2.05, 4.69) is 34.3 Å². The zero-order valence-electron chi connectivity index (χ0n) is 10.7. The van der Waals surface area contributed by atoms with E-state index < -0.39 is 0 Å². The molecule has 0 N–H and O–H groups in total. The van der Waals surface area contributed by atoms with Gasteiger partial charge in [0, 0.05) is 5.57 Å². The summed E-state index contributed by atoms with van der Waals surface area (Å²) in [7, 11) is 0. The van der Waals surface area contributed by atoms with Gasteiger partial charge >= 0.3 is 5.97 Å². The summed E-state index contributed by atoms with van der Waals surface area (Å²) in [4.78, 5) is 11.6. The third-order valence-corrected chi connectivity index (χ3v) is 2.97. The summed E-state index contributed by atoms with van der Waals surface area (Å²) in [5, 5.41) is 0. The lowest BCUT2D eigenvalue weighted by Crippen LogP contribution is -2.40. The predicted octanol–water partition coefficient (Wildman–Crippen LogP) is 3.71. The van der Waals surface area contributed by atoms with E-state index in [1.165, 1.54) is 0 Å². The molecule has 0 aliphatic rings. The first kappa shape index (κ1) is 14.2.